The first-order valence-corrected chi connectivity index (χ1v) is 6.99. The standard InChI is InChI=1S/C17H15N5O/c18-17-20-14(10-15(21-17)16(23)22-19)13-8-6-12(7-9-13)11-4-2-1-3-5-11/h1-10H,19H2,(H,22,23)(H2,18,20,21). The number of aromatic nitrogens is 2. The zero-order valence-electron chi connectivity index (χ0n) is 12.2. The molecule has 1 aromatic heterocycles. The Morgan fingerprint density at radius 3 is 2.13 bits per heavy atom. The van der Waals surface area contributed by atoms with Gasteiger partial charge in [-0.2, -0.15) is 0 Å². The van der Waals surface area contributed by atoms with Crippen molar-refractivity contribution < 1.29 is 4.79 Å². The molecule has 6 heteroatoms. The molecule has 0 spiro atoms. The monoisotopic (exact) mass is 305 g/mol. The number of nitrogens with zero attached hydrogens (tertiary/aromatic N) is 2. The van der Waals surface area contributed by atoms with E-state index in [1.807, 2.05) is 60.0 Å². The first-order chi connectivity index (χ1) is 11.2. The first-order valence-electron chi connectivity index (χ1n) is 6.99. The maximum Gasteiger partial charge on any atom is 0.283 e. The van der Waals surface area contributed by atoms with Crippen molar-refractivity contribution >= 4 is 11.9 Å². The van der Waals surface area contributed by atoms with Crippen molar-refractivity contribution in [3.8, 4) is 22.4 Å². The molecule has 114 valence electrons. The third kappa shape index (κ3) is 3.17. The zero-order valence-corrected chi connectivity index (χ0v) is 12.2. The van der Waals surface area contributed by atoms with E-state index < -0.39 is 5.91 Å². The fourth-order valence-electron chi connectivity index (χ4n) is 2.27. The molecule has 1 amide bonds. The number of hydrazine groups is 1. The average Bonchev–Trinajstić information content (AvgIpc) is 2.61. The number of hydrogen-bond donors (Lipinski definition) is 3. The molecule has 0 saturated carbocycles. The third-order valence-corrected chi connectivity index (χ3v) is 3.39. The summed E-state index contributed by atoms with van der Waals surface area (Å²) in [7, 11) is 0. The Morgan fingerprint density at radius 2 is 1.48 bits per heavy atom. The lowest BCUT2D eigenvalue weighted by Crippen LogP contribution is -2.31. The Kier molecular flexibility index (Phi) is 3.99. The molecule has 0 fully saturated rings. The van der Waals surface area contributed by atoms with Gasteiger partial charge in [-0.1, -0.05) is 54.6 Å². The molecule has 0 atom stereocenters. The smallest absolute Gasteiger partial charge is 0.283 e. The van der Waals surface area contributed by atoms with Crippen LogP contribution in [0.3, 0.4) is 0 Å². The molecule has 0 saturated heterocycles. The summed E-state index contributed by atoms with van der Waals surface area (Å²) in [4.78, 5) is 19.6. The predicted molar refractivity (Wildman–Crippen MR) is 89.0 cm³/mol. The van der Waals surface area contributed by atoms with Crippen LogP contribution in [0.1, 0.15) is 10.5 Å². The fraction of sp³-hybridized carbons (Fsp3) is 0. The van der Waals surface area contributed by atoms with Crippen LogP contribution >= 0.6 is 0 Å². The van der Waals surface area contributed by atoms with Crippen molar-refractivity contribution in [3.05, 3.63) is 66.4 Å². The summed E-state index contributed by atoms with van der Waals surface area (Å²) in [5.74, 6) is 4.64. The maximum atomic E-state index is 11.6. The molecule has 2 aromatic carbocycles. The van der Waals surface area contributed by atoms with Crippen molar-refractivity contribution in [2.24, 2.45) is 5.84 Å². The van der Waals surface area contributed by atoms with Crippen LogP contribution in [-0.2, 0) is 0 Å². The van der Waals surface area contributed by atoms with E-state index in [4.69, 9.17) is 11.6 Å². The highest BCUT2D eigenvalue weighted by Gasteiger charge is 2.10. The minimum absolute atomic E-state index is 0.0215. The summed E-state index contributed by atoms with van der Waals surface area (Å²) in [5.41, 5.74) is 11.5. The van der Waals surface area contributed by atoms with Gasteiger partial charge in [0, 0.05) is 5.56 Å². The largest absolute Gasteiger partial charge is 0.368 e. The number of benzene rings is 2. The van der Waals surface area contributed by atoms with E-state index in [0.717, 1.165) is 16.7 Å². The van der Waals surface area contributed by atoms with Crippen molar-refractivity contribution in [1.82, 2.24) is 15.4 Å². The topological polar surface area (TPSA) is 107 Å². The molecule has 5 N–H and O–H groups in total. The fourth-order valence-corrected chi connectivity index (χ4v) is 2.27. The first kappa shape index (κ1) is 14.7. The summed E-state index contributed by atoms with van der Waals surface area (Å²) < 4.78 is 0. The molecule has 0 aliphatic heterocycles. The molecule has 0 radical (unpaired) electrons. The van der Waals surface area contributed by atoms with Gasteiger partial charge in [0.1, 0.15) is 5.69 Å². The molecule has 0 aliphatic carbocycles. The molecule has 0 aliphatic rings. The van der Waals surface area contributed by atoms with E-state index in [9.17, 15) is 4.79 Å². The highest BCUT2D eigenvalue weighted by molar-refractivity contribution is 5.93. The number of rotatable bonds is 3. The van der Waals surface area contributed by atoms with Crippen LogP contribution in [-0.4, -0.2) is 15.9 Å². The number of carbonyl (C=O) groups excluding carboxylic acids is 1. The van der Waals surface area contributed by atoms with Gasteiger partial charge in [-0.05, 0) is 17.2 Å². The Morgan fingerprint density at radius 1 is 0.870 bits per heavy atom. The molecular formula is C17H15N5O. The second-order valence-electron chi connectivity index (χ2n) is 4.91. The minimum atomic E-state index is -0.513. The van der Waals surface area contributed by atoms with E-state index in [0.29, 0.717) is 5.69 Å². The van der Waals surface area contributed by atoms with Gasteiger partial charge in [0.05, 0.1) is 5.69 Å². The molecule has 3 rings (SSSR count). The summed E-state index contributed by atoms with van der Waals surface area (Å²) in [5, 5.41) is 0. The minimum Gasteiger partial charge on any atom is -0.368 e. The van der Waals surface area contributed by atoms with Crippen molar-refractivity contribution in [2.45, 2.75) is 0 Å². The van der Waals surface area contributed by atoms with Crippen molar-refractivity contribution in [2.75, 3.05) is 5.73 Å². The number of nitrogen functional groups attached to an aromatic ring is 2. The van der Waals surface area contributed by atoms with Gasteiger partial charge in [-0.25, -0.2) is 15.8 Å². The van der Waals surface area contributed by atoms with E-state index in [-0.39, 0.29) is 11.6 Å². The molecule has 0 unspecified atom stereocenters. The van der Waals surface area contributed by atoms with E-state index in [2.05, 4.69) is 9.97 Å². The summed E-state index contributed by atoms with van der Waals surface area (Å²) in [6.07, 6.45) is 0. The van der Waals surface area contributed by atoms with Gasteiger partial charge >= 0.3 is 0 Å². The van der Waals surface area contributed by atoms with Gasteiger partial charge in [0.2, 0.25) is 5.95 Å². The van der Waals surface area contributed by atoms with Gasteiger partial charge in [-0.3, -0.25) is 10.2 Å². The Labute approximate surface area is 133 Å². The Hall–Kier alpha value is -3.25. The normalized spacial score (nSPS) is 10.3. The quantitative estimate of drug-likeness (QED) is 0.390. The second-order valence-corrected chi connectivity index (χ2v) is 4.91. The van der Waals surface area contributed by atoms with Crippen LogP contribution in [0.25, 0.3) is 22.4 Å². The molecular weight excluding hydrogens is 290 g/mol. The van der Waals surface area contributed by atoms with Crippen molar-refractivity contribution in [1.29, 1.82) is 0 Å². The van der Waals surface area contributed by atoms with Crippen molar-refractivity contribution in [3.63, 3.8) is 0 Å². The average molecular weight is 305 g/mol. The number of hydrogen-bond acceptors (Lipinski definition) is 5. The molecule has 0 bridgehead atoms. The van der Waals surface area contributed by atoms with Crippen LogP contribution in [0.15, 0.2) is 60.7 Å². The van der Waals surface area contributed by atoms with Gasteiger partial charge in [0.25, 0.3) is 5.91 Å². The van der Waals surface area contributed by atoms with E-state index >= 15 is 0 Å². The lowest BCUT2D eigenvalue weighted by molar-refractivity contribution is 0.0948. The number of carbonyl (C=O) groups is 1. The van der Waals surface area contributed by atoms with Gasteiger partial charge in [0.15, 0.2) is 0 Å². The van der Waals surface area contributed by atoms with Crippen LogP contribution in [0.4, 0.5) is 5.95 Å². The molecule has 6 nitrogen and oxygen atoms in total. The zero-order chi connectivity index (χ0) is 16.2. The van der Waals surface area contributed by atoms with Crippen LogP contribution in [0.5, 0.6) is 0 Å². The highest BCUT2D eigenvalue weighted by Crippen LogP contribution is 2.24. The van der Waals surface area contributed by atoms with Gasteiger partial charge < -0.3 is 5.73 Å². The van der Waals surface area contributed by atoms with Crippen LogP contribution in [0.2, 0.25) is 0 Å². The lowest BCUT2D eigenvalue weighted by Gasteiger charge is -2.07. The number of nitrogens with one attached hydrogen (secondary N) is 1. The number of nitrogens with two attached hydrogens (primary N) is 2. The highest BCUT2D eigenvalue weighted by atomic mass is 16.2. The van der Waals surface area contributed by atoms with E-state index in [1.165, 1.54) is 0 Å². The summed E-state index contributed by atoms with van der Waals surface area (Å²) in [6.45, 7) is 0. The van der Waals surface area contributed by atoms with Crippen LogP contribution in [0, 0.1) is 0 Å². The predicted octanol–water partition coefficient (Wildman–Crippen LogP) is 2.00. The third-order valence-electron chi connectivity index (χ3n) is 3.39. The maximum absolute atomic E-state index is 11.6. The van der Waals surface area contributed by atoms with E-state index in [1.54, 1.807) is 6.07 Å². The Balaban J connectivity index is 1.96. The summed E-state index contributed by atoms with van der Waals surface area (Å²) in [6, 6.07) is 19.4. The lowest BCUT2D eigenvalue weighted by atomic mass is 10.0. The summed E-state index contributed by atoms with van der Waals surface area (Å²) >= 11 is 0. The molecule has 3 aromatic rings. The number of amides is 1. The Bertz CT molecular complexity index is 831. The number of anilines is 1. The molecule has 23 heavy (non-hydrogen) atoms. The van der Waals surface area contributed by atoms with Crippen LogP contribution < -0.4 is 17.0 Å². The second kappa shape index (κ2) is 6.25. The molecule has 1 heterocycles. The SMILES string of the molecule is NNC(=O)c1cc(-c2ccc(-c3ccccc3)cc2)nc(N)n1. The van der Waals surface area contributed by atoms with Gasteiger partial charge in [-0.15, -0.1) is 0 Å².